The number of hydrogen-bond acceptors (Lipinski definition) is 5. The molecule has 186 valence electrons. The zero-order chi connectivity index (χ0) is 25.7. The molecule has 3 aromatic rings. The summed E-state index contributed by atoms with van der Waals surface area (Å²) >= 11 is 0. The molecule has 0 aliphatic carbocycles. The van der Waals surface area contributed by atoms with E-state index in [-0.39, 0.29) is 17.9 Å². The zero-order valence-electron chi connectivity index (χ0n) is 21.0. The maximum absolute atomic E-state index is 13.3. The summed E-state index contributed by atoms with van der Waals surface area (Å²) in [6.07, 6.45) is 5.24. The van der Waals surface area contributed by atoms with Crippen molar-refractivity contribution in [2.45, 2.75) is 52.1 Å². The molecule has 1 N–H and O–H groups in total. The first-order chi connectivity index (χ1) is 17.4. The predicted molar refractivity (Wildman–Crippen MR) is 139 cm³/mol. The second kappa shape index (κ2) is 11.2. The number of aliphatic hydroxyl groups is 1. The van der Waals surface area contributed by atoms with Crippen LogP contribution in [0.25, 0.3) is 5.76 Å². The van der Waals surface area contributed by atoms with Gasteiger partial charge >= 0.3 is 0 Å². The summed E-state index contributed by atoms with van der Waals surface area (Å²) < 4.78 is 5.79. The van der Waals surface area contributed by atoms with Crippen molar-refractivity contribution in [1.82, 2.24) is 9.88 Å². The number of benzene rings is 2. The van der Waals surface area contributed by atoms with Gasteiger partial charge in [-0.1, -0.05) is 63.6 Å². The van der Waals surface area contributed by atoms with Gasteiger partial charge in [-0.25, -0.2) is 0 Å². The highest BCUT2D eigenvalue weighted by Gasteiger charge is 2.46. The molecule has 4 rings (SSSR count). The van der Waals surface area contributed by atoms with Gasteiger partial charge in [-0.05, 0) is 53.3 Å². The Hall–Kier alpha value is -3.93. The molecule has 1 unspecified atom stereocenters. The van der Waals surface area contributed by atoms with Crippen LogP contribution in [0.15, 0.2) is 78.6 Å². The molecule has 6 nitrogen and oxygen atoms in total. The Balaban J connectivity index is 1.79. The third-order valence-electron chi connectivity index (χ3n) is 6.44. The number of Topliss-reactive ketones (excluding diaryl/α,β-unsaturated/α-hetero) is 1. The second-order valence-corrected chi connectivity index (χ2v) is 9.33. The summed E-state index contributed by atoms with van der Waals surface area (Å²) in [5.41, 5.74) is 3.29. The van der Waals surface area contributed by atoms with Gasteiger partial charge in [0.2, 0.25) is 0 Å². The number of carbonyl (C=O) groups is 2. The monoisotopic (exact) mass is 484 g/mol. The van der Waals surface area contributed by atoms with E-state index in [2.05, 4.69) is 25.8 Å². The molecule has 2 heterocycles. The molecule has 1 fully saturated rings. The highest BCUT2D eigenvalue weighted by molar-refractivity contribution is 6.46. The number of carbonyl (C=O) groups excluding carboxylic acids is 2. The Morgan fingerprint density at radius 3 is 2.44 bits per heavy atom. The van der Waals surface area contributed by atoms with Gasteiger partial charge in [0.1, 0.15) is 11.5 Å². The molecular weight excluding hydrogens is 452 g/mol. The Labute approximate surface area is 212 Å². The van der Waals surface area contributed by atoms with Crippen molar-refractivity contribution >= 4 is 17.4 Å². The van der Waals surface area contributed by atoms with E-state index in [1.165, 1.54) is 4.90 Å². The number of ketones is 1. The Morgan fingerprint density at radius 2 is 1.78 bits per heavy atom. The topological polar surface area (TPSA) is 79.7 Å². The SMILES string of the molecule is CCCCOc1cccc(C(O)=C2C(=O)C(=O)N(Cc3ccncc3)C2c2ccc(C(C)C)cc2)c1. The quantitative estimate of drug-likeness (QED) is 0.174. The minimum absolute atomic E-state index is 0.0806. The van der Waals surface area contributed by atoms with E-state index in [9.17, 15) is 14.7 Å². The number of likely N-dealkylation sites (tertiary alicyclic amines) is 1. The maximum Gasteiger partial charge on any atom is 0.295 e. The number of amides is 1. The van der Waals surface area contributed by atoms with Crippen molar-refractivity contribution in [3.63, 3.8) is 0 Å². The molecule has 0 saturated carbocycles. The molecule has 1 aromatic heterocycles. The number of nitrogens with zero attached hydrogens (tertiary/aromatic N) is 2. The van der Waals surface area contributed by atoms with Gasteiger partial charge in [0, 0.05) is 24.5 Å². The van der Waals surface area contributed by atoms with Crippen LogP contribution >= 0.6 is 0 Å². The average molecular weight is 485 g/mol. The first-order valence-corrected chi connectivity index (χ1v) is 12.4. The third kappa shape index (κ3) is 5.33. The van der Waals surface area contributed by atoms with Crippen molar-refractivity contribution in [2.75, 3.05) is 6.61 Å². The van der Waals surface area contributed by atoms with Gasteiger partial charge in [0.25, 0.3) is 11.7 Å². The second-order valence-electron chi connectivity index (χ2n) is 9.33. The van der Waals surface area contributed by atoms with E-state index in [0.717, 1.165) is 29.5 Å². The molecular formula is C30H32N2O4. The van der Waals surface area contributed by atoms with E-state index < -0.39 is 17.7 Å². The van der Waals surface area contributed by atoms with Crippen LogP contribution in [0.5, 0.6) is 5.75 Å². The molecule has 0 spiro atoms. The predicted octanol–water partition coefficient (Wildman–Crippen LogP) is 6.01. The van der Waals surface area contributed by atoms with E-state index in [0.29, 0.717) is 23.8 Å². The van der Waals surface area contributed by atoms with Crippen LogP contribution in [-0.2, 0) is 16.1 Å². The van der Waals surface area contributed by atoms with Crippen LogP contribution in [0.1, 0.15) is 67.8 Å². The van der Waals surface area contributed by atoms with Gasteiger partial charge in [-0.3, -0.25) is 14.6 Å². The van der Waals surface area contributed by atoms with Gasteiger partial charge in [-0.15, -0.1) is 0 Å². The molecule has 1 aliphatic rings. The maximum atomic E-state index is 13.3. The molecule has 0 radical (unpaired) electrons. The molecule has 0 bridgehead atoms. The van der Waals surface area contributed by atoms with Crippen molar-refractivity contribution in [1.29, 1.82) is 0 Å². The molecule has 36 heavy (non-hydrogen) atoms. The van der Waals surface area contributed by atoms with E-state index in [1.54, 1.807) is 30.6 Å². The van der Waals surface area contributed by atoms with Crippen molar-refractivity contribution in [2.24, 2.45) is 0 Å². The van der Waals surface area contributed by atoms with Crippen molar-refractivity contribution < 1.29 is 19.4 Å². The first-order valence-electron chi connectivity index (χ1n) is 12.4. The van der Waals surface area contributed by atoms with Gasteiger partial charge in [-0.2, -0.15) is 0 Å². The summed E-state index contributed by atoms with van der Waals surface area (Å²) in [5.74, 6) is -0.586. The van der Waals surface area contributed by atoms with Crippen LogP contribution in [0, 0.1) is 0 Å². The molecule has 2 aromatic carbocycles. The fourth-order valence-electron chi connectivity index (χ4n) is 4.36. The summed E-state index contributed by atoms with van der Waals surface area (Å²) in [6, 6.07) is 17.8. The van der Waals surface area contributed by atoms with Crippen molar-refractivity contribution in [3.8, 4) is 5.75 Å². The van der Waals surface area contributed by atoms with Crippen LogP contribution in [0.2, 0.25) is 0 Å². The van der Waals surface area contributed by atoms with E-state index in [4.69, 9.17) is 4.74 Å². The lowest BCUT2D eigenvalue weighted by Gasteiger charge is -2.26. The third-order valence-corrected chi connectivity index (χ3v) is 6.44. The number of rotatable bonds is 9. The van der Waals surface area contributed by atoms with Crippen molar-refractivity contribution in [3.05, 3.63) is 101 Å². The van der Waals surface area contributed by atoms with Gasteiger partial charge < -0.3 is 14.7 Å². The molecule has 1 saturated heterocycles. The van der Waals surface area contributed by atoms with Crippen LogP contribution < -0.4 is 4.74 Å². The lowest BCUT2D eigenvalue weighted by molar-refractivity contribution is -0.140. The molecule has 6 heteroatoms. The number of ether oxygens (including phenoxy) is 1. The normalized spacial score (nSPS) is 17.1. The van der Waals surface area contributed by atoms with Gasteiger partial charge in [0.15, 0.2) is 0 Å². The summed E-state index contributed by atoms with van der Waals surface area (Å²) in [7, 11) is 0. The standard InChI is InChI=1S/C30H32N2O4/c1-4-5-17-36-25-8-6-7-24(18-25)28(33)26-27(23-11-9-22(10-12-23)20(2)3)32(30(35)29(26)34)19-21-13-15-31-16-14-21/h6-16,18,20,27,33H,4-5,17,19H2,1-3H3. The highest BCUT2D eigenvalue weighted by Crippen LogP contribution is 2.41. The van der Waals surface area contributed by atoms with E-state index in [1.807, 2.05) is 42.5 Å². The minimum Gasteiger partial charge on any atom is -0.507 e. The largest absolute Gasteiger partial charge is 0.507 e. The van der Waals surface area contributed by atoms with Crippen LogP contribution in [-0.4, -0.2) is 33.3 Å². The first kappa shape index (κ1) is 25.2. The fraction of sp³-hybridized carbons (Fsp3) is 0.300. The zero-order valence-corrected chi connectivity index (χ0v) is 21.0. The lowest BCUT2D eigenvalue weighted by Crippen LogP contribution is -2.29. The van der Waals surface area contributed by atoms with E-state index >= 15 is 0 Å². The highest BCUT2D eigenvalue weighted by atomic mass is 16.5. The Morgan fingerprint density at radius 1 is 1.06 bits per heavy atom. The Bertz CT molecular complexity index is 1250. The number of hydrogen-bond donors (Lipinski definition) is 1. The molecule has 1 atom stereocenters. The number of unbranched alkanes of at least 4 members (excludes halogenated alkanes) is 1. The van der Waals surface area contributed by atoms with Crippen LogP contribution in [0.4, 0.5) is 0 Å². The summed E-state index contributed by atoms with van der Waals surface area (Å²) in [4.78, 5) is 32.1. The van der Waals surface area contributed by atoms with Gasteiger partial charge in [0.05, 0.1) is 18.2 Å². The minimum atomic E-state index is -0.718. The summed E-state index contributed by atoms with van der Waals surface area (Å²) in [5, 5.41) is 11.4. The smallest absolute Gasteiger partial charge is 0.295 e. The Kier molecular flexibility index (Phi) is 7.84. The van der Waals surface area contributed by atoms with Crippen LogP contribution in [0.3, 0.4) is 0 Å². The number of aromatic nitrogens is 1. The summed E-state index contributed by atoms with van der Waals surface area (Å²) in [6.45, 7) is 7.10. The number of pyridine rings is 1. The molecule has 1 amide bonds. The number of aliphatic hydroxyl groups excluding tert-OH is 1. The lowest BCUT2D eigenvalue weighted by atomic mass is 9.93. The average Bonchev–Trinajstić information content (AvgIpc) is 3.14. The fourth-order valence-corrected chi connectivity index (χ4v) is 4.36. The molecule has 1 aliphatic heterocycles.